The minimum Gasteiger partial charge on any atom is -0.311 e. The van der Waals surface area contributed by atoms with Crippen molar-refractivity contribution in [1.29, 1.82) is 0 Å². The fourth-order valence-corrected chi connectivity index (χ4v) is 3.56. The Morgan fingerprint density at radius 2 is 2.41 bits per heavy atom. The molecule has 0 saturated carbocycles. The minimum absolute atomic E-state index is 0.128. The Hall–Kier alpha value is -0.520. The van der Waals surface area contributed by atoms with Crippen molar-refractivity contribution in [2.24, 2.45) is 0 Å². The van der Waals surface area contributed by atoms with Gasteiger partial charge >= 0.3 is 0 Å². The van der Waals surface area contributed by atoms with Crippen LogP contribution in [-0.4, -0.2) is 31.3 Å². The number of hydrogen-bond donors (Lipinski definition) is 1. The summed E-state index contributed by atoms with van der Waals surface area (Å²) in [5, 5.41) is 3.34. The molecule has 0 saturated heterocycles. The van der Waals surface area contributed by atoms with Crippen LogP contribution in [0.5, 0.6) is 0 Å². The Kier molecular flexibility index (Phi) is 4.12. The maximum atomic E-state index is 12.0. The zero-order valence-corrected chi connectivity index (χ0v) is 12.3. The highest BCUT2D eigenvalue weighted by atomic mass is 79.9. The molecule has 1 amide bonds. The fourth-order valence-electron chi connectivity index (χ4n) is 1.90. The standard InChI is InChI=1S/C12H15BrN2OS/c1-8-7-15(12(16)6-14-2)10-4-3-9(13)5-11(10)17-8/h3-5,8,14H,6-7H2,1-2H3. The zero-order chi connectivity index (χ0) is 12.4. The molecule has 92 valence electrons. The molecule has 0 bridgehead atoms. The number of carbonyl (C=O) groups is 1. The van der Waals surface area contributed by atoms with Crippen LogP contribution in [0.1, 0.15) is 6.92 Å². The third-order valence-electron chi connectivity index (χ3n) is 2.61. The number of likely N-dealkylation sites (N-methyl/N-ethyl adjacent to an activating group) is 1. The van der Waals surface area contributed by atoms with Crippen LogP contribution in [0.3, 0.4) is 0 Å². The molecule has 0 aliphatic carbocycles. The van der Waals surface area contributed by atoms with Crippen molar-refractivity contribution in [3.63, 3.8) is 0 Å². The number of amides is 1. The smallest absolute Gasteiger partial charge is 0.240 e. The molecule has 1 heterocycles. The molecule has 17 heavy (non-hydrogen) atoms. The summed E-state index contributed by atoms with van der Waals surface area (Å²) in [5.41, 5.74) is 1.02. The number of nitrogens with one attached hydrogen (secondary N) is 1. The van der Waals surface area contributed by atoms with E-state index < -0.39 is 0 Å². The summed E-state index contributed by atoms with van der Waals surface area (Å²) >= 11 is 5.29. The van der Waals surface area contributed by atoms with E-state index in [0.717, 1.165) is 16.7 Å². The number of carbonyl (C=O) groups excluding carboxylic acids is 1. The van der Waals surface area contributed by atoms with Gasteiger partial charge in [0.2, 0.25) is 5.91 Å². The van der Waals surface area contributed by atoms with Gasteiger partial charge in [0.25, 0.3) is 0 Å². The highest BCUT2D eigenvalue weighted by molar-refractivity contribution is 9.10. The molecule has 0 aromatic heterocycles. The summed E-state index contributed by atoms with van der Waals surface area (Å²) < 4.78 is 1.05. The Bertz CT molecular complexity index is 439. The van der Waals surface area contributed by atoms with Crippen LogP contribution in [0.4, 0.5) is 5.69 Å². The predicted molar refractivity (Wildman–Crippen MR) is 75.7 cm³/mol. The van der Waals surface area contributed by atoms with Gasteiger partial charge in [-0.25, -0.2) is 0 Å². The zero-order valence-electron chi connectivity index (χ0n) is 9.87. The first-order valence-corrected chi connectivity index (χ1v) is 7.20. The van der Waals surface area contributed by atoms with Crippen molar-refractivity contribution < 1.29 is 4.79 Å². The van der Waals surface area contributed by atoms with E-state index in [4.69, 9.17) is 0 Å². The Labute approximate surface area is 114 Å². The molecule has 2 rings (SSSR count). The summed E-state index contributed by atoms with van der Waals surface area (Å²) in [7, 11) is 1.79. The Morgan fingerprint density at radius 3 is 3.12 bits per heavy atom. The van der Waals surface area contributed by atoms with Crippen LogP contribution in [-0.2, 0) is 4.79 Å². The van der Waals surface area contributed by atoms with Crippen molar-refractivity contribution in [2.75, 3.05) is 25.0 Å². The number of hydrogen-bond acceptors (Lipinski definition) is 3. The van der Waals surface area contributed by atoms with Gasteiger partial charge in [-0.1, -0.05) is 22.9 Å². The van der Waals surface area contributed by atoms with E-state index in [1.807, 2.05) is 28.8 Å². The topological polar surface area (TPSA) is 32.3 Å². The van der Waals surface area contributed by atoms with Crippen molar-refractivity contribution >= 4 is 39.3 Å². The fraction of sp³-hybridized carbons (Fsp3) is 0.417. The lowest BCUT2D eigenvalue weighted by Crippen LogP contribution is -2.42. The molecule has 1 unspecified atom stereocenters. The van der Waals surface area contributed by atoms with Gasteiger partial charge in [-0.2, -0.15) is 0 Å². The van der Waals surface area contributed by atoms with Gasteiger partial charge in [0.05, 0.1) is 12.2 Å². The van der Waals surface area contributed by atoms with Crippen LogP contribution in [0.2, 0.25) is 0 Å². The molecule has 1 aliphatic rings. The van der Waals surface area contributed by atoms with Gasteiger partial charge in [0.1, 0.15) is 0 Å². The highest BCUT2D eigenvalue weighted by Gasteiger charge is 2.26. The van der Waals surface area contributed by atoms with Crippen molar-refractivity contribution in [2.45, 2.75) is 17.1 Å². The van der Waals surface area contributed by atoms with E-state index in [0.29, 0.717) is 11.8 Å². The van der Waals surface area contributed by atoms with Crippen molar-refractivity contribution in [1.82, 2.24) is 5.32 Å². The summed E-state index contributed by atoms with van der Waals surface area (Å²) in [4.78, 5) is 15.1. The third kappa shape index (κ3) is 2.84. The predicted octanol–water partition coefficient (Wildman–Crippen LogP) is 2.50. The molecule has 0 radical (unpaired) electrons. The summed E-state index contributed by atoms with van der Waals surface area (Å²) in [6.45, 7) is 3.31. The lowest BCUT2D eigenvalue weighted by atomic mass is 10.2. The van der Waals surface area contributed by atoms with E-state index >= 15 is 0 Å². The molecular formula is C12H15BrN2OS. The molecular weight excluding hydrogens is 300 g/mol. The molecule has 1 aromatic rings. The monoisotopic (exact) mass is 314 g/mol. The van der Waals surface area contributed by atoms with E-state index in [-0.39, 0.29) is 5.91 Å². The normalized spacial score (nSPS) is 19.0. The quantitative estimate of drug-likeness (QED) is 0.910. The summed E-state index contributed by atoms with van der Waals surface area (Å²) in [6, 6.07) is 6.07. The molecule has 3 nitrogen and oxygen atoms in total. The van der Waals surface area contributed by atoms with Gasteiger partial charge < -0.3 is 10.2 Å². The first-order valence-electron chi connectivity index (χ1n) is 5.53. The van der Waals surface area contributed by atoms with E-state index in [1.165, 1.54) is 4.90 Å². The van der Waals surface area contributed by atoms with E-state index in [9.17, 15) is 4.79 Å². The number of anilines is 1. The van der Waals surface area contributed by atoms with Gasteiger partial charge in [0, 0.05) is 21.2 Å². The van der Waals surface area contributed by atoms with Crippen LogP contribution in [0.25, 0.3) is 0 Å². The lowest BCUT2D eigenvalue weighted by Gasteiger charge is -2.32. The molecule has 1 aliphatic heterocycles. The first-order chi connectivity index (χ1) is 8.11. The molecule has 1 aromatic carbocycles. The SMILES string of the molecule is CNCC(=O)N1CC(C)Sc2cc(Br)ccc21. The van der Waals surface area contributed by atoms with Crippen LogP contribution in [0, 0.1) is 0 Å². The molecule has 5 heteroatoms. The molecule has 0 fully saturated rings. The summed E-state index contributed by atoms with van der Waals surface area (Å²) in [6.07, 6.45) is 0. The highest BCUT2D eigenvalue weighted by Crippen LogP contribution is 2.39. The number of thioether (sulfide) groups is 1. The molecule has 1 N–H and O–H groups in total. The number of benzene rings is 1. The Balaban J connectivity index is 2.34. The molecule has 1 atom stereocenters. The minimum atomic E-state index is 0.128. The maximum absolute atomic E-state index is 12.0. The average Bonchev–Trinajstić information content (AvgIpc) is 2.27. The van der Waals surface area contributed by atoms with Gasteiger partial charge in [-0.3, -0.25) is 4.79 Å². The second-order valence-electron chi connectivity index (χ2n) is 4.08. The van der Waals surface area contributed by atoms with Crippen LogP contribution >= 0.6 is 27.7 Å². The lowest BCUT2D eigenvalue weighted by molar-refractivity contribution is -0.117. The van der Waals surface area contributed by atoms with Crippen LogP contribution < -0.4 is 10.2 Å². The average molecular weight is 315 g/mol. The van der Waals surface area contributed by atoms with E-state index in [1.54, 1.807) is 7.05 Å². The van der Waals surface area contributed by atoms with Crippen molar-refractivity contribution in [3.05, 3.63) is 22.7 Å². The maximum Gasteiger partial charge on any atom is 0.240 e. The number of halogens is 1. The number of rotatable bonds is 2. The Morgan fingerprint density at radius 1 is 1.65 bits per heavy atom. The number of nitrogens with zero attached hydrogens (tertiary/aromatic N) is 1. The second-order valence-corrected chi connectivity index (χ2v) is 6.47. The largest absolute Gasteiger partial charge is 0.311 e. The van der Waals surface area contributed by atoms with Crippen molar-refractivity contribution in [3.8, 4) is 0 Å². The van der Waals surface area contributed by atoms with E-state index in [2.05, 4.69) is 34.2 Å². The molecule has 0 spiro atoms. The summed E-state index contributed by atoms with van der Waals surface area (Å²) in [5.74, 6) is 0.128. The van der Waals surface area contributed by atoms with Gasteiger partial charge in [-0.05, 0) is 25.2 Å². The number of fused-ring (bicyclic) bond motifs is 1. The van der Waals surface area contributed by atoms with Gasteiger partial charge in [-0.15, -0.1) is 11.8 Å². The second kappa shape index (κ2) is 5.42. The van der Waals surface area contributed by atoms with Gasteiger partial charge in [0.15, 0.2) is 0 Å². The third-order valence-corrected chi connectivity index (χ3v) is 4.24. The first kappa shape index (κ1) is 12.9. The van der Waals surface area contributed by atoms with Crippen LogP contribution in [0.15, 0.2) is 27.6 Å².